The molecule has 0 spiro atoms. The van der Waals surface area contributed by atoms with Gasteiger partial charge >= 0.3 is 0 Å². The van der Waals surface area contributed by atoms with Crippen molar-refractivity contribution in [1.29, 1.82) is 0 Å². The van der Waals surface area contributed by atoms with E-state index in [-0.39, 0.29) is 31.0 Å². The number of ether oxygens (including phenoxy) is 1. The minimum atomic E-state index is -0.710. The Labute approximate surface area is 202 Å². The molecule has 0 aromatic heterocycles. The molecule has 2 aromatic carbocycles. The predicted octanol–water partition coefficient (Wildman–Crippen LogP) is 5.69. The molecule has 0 saturated carbocycles. The van der Waals surface area contributed by atoms with Crippen molar-refractivity contribution in [3.63, 3.8) is 0 Å². The summed E-state index contributed by atoms with van der Waals surface area (Å²) in [5.74, 6) is 0.0229. The van der Waals surface area contributed by atoms with Gasteiger partial charge in [0.2, 0.25) is 5.91 Å². The lowest BCUT2D eigenvalue weighted by molar-refractivity contribution is -0.142. The third-order valence-corrected chi connectivity index (χ3v) is 6.56. The molecule has 168 valence electrons. The Morgan fingerprint density at radius 1 is 1.10 bits per heavy atom. The van der Waals surface area contributed by atoms with Crippen molar-refractivity contribution >= 4 is 50.9 Å². The number of carbonyl (C=O) groups excluding carboxylic acids is 2. The highest BCUT2D eigenvalue weighted by atomic mass is 79.9. The number of aryl methyl sites for hydroxylation is 2. The van der Waals surface area contributed by atoms with Crippen molar-refractivity contribution in [3.8, 4) is 5.75 Å². The average Bonchev–Trinajstić information content (AvgIpc) is 2.68. The first-order chi connectivity index (χ1) is 14.5. The molecule has 0 fully saturated rings. The van der Waals surface area contributed by atoms with Crippen molar-refractivity contribution in [2.24, 2.45) is 0 Å². The molecule has 8 heteroatoms. The summed E-state index contributed by atoms with van der Waals surface area (Å²) in [7, 11) is 0. The van der Waals surface area contributed by atoms with Gasteiger partial charge in [-0.3, -0.25) is 9.59 Å². The van der Waals surface area contributed by atoms with E-state index < -0.39 is 6.04 Å². The summed E-state index contributed by atoms with van der Waals surface area (Å²) in [4.78, 5) is 27.2. The standard InChI is InChI=1S/C23H27BrCl2N2O3/c1-13(2)27-23(30)16(5)28(11-17-6-7-18(25)10-20(17)26)21(29)12-31-19-8-14(3)22(24)15(4)9-19/h6-10,13,16H,11-12H2,1-5H3,(H,27,30)/t16-/m1/s1. The SMILES string of the molecule is Cc1cc(OCC(=O)N(Cc2ccc(Cl)cc2Cl)[C@H](C)C(=O)NC(C)C)cc(C)c1Br. The lowest BCUT2D eigenvalue weighted by Crippen LogP contribution is -2.50. The number of hydrogen-bond donors (Lipinski definition) is 1. The summed E-state index contributed by atoms with van der Waals surface area (Å²) >= 11 is 15.8. The zero-order valence-corrected chi connectivity index (χ0v) is 21.4. The molecule has 0 radical (unpaired) electrons. The molecule has 0 aliphatic rings. The quantitative estimate of drug-likeness (QED) is 0.477. The third kappa shape index (κ3) is 7.13. The van der Waals surface area contributed by atoms with E-state index in [1.54, 1.807) is 25.1 Å². The maximum atomic E-state index is 13.1. The van der Waals surface area contributed by atoms with Crippen LogP contribution in [0.1, 0.15) is 37.5 Å². The topological polar surface area (TPSA) is 58.6 Å². The minimum Gasteiger partial charge on any atom is -0.484 e. The van der Waals surface area contributed by atoms with Crippen LogP contribution in [0.25, 0.3) is 0 Å². The Bertz CT molecular complexity index is 943. The van der Waals surface area contributed by atoms with Crippen molar-refractivity contribution in [2.75, 3.05) is 6.61 Å². The van der Waals surface area contributed by atoms with Crippen LogP contribution < -0.4 is 10.1 Å². The molecule has 0 unspecified atom stereocenters. The second-order valence-electron chi connectivity index (χ2n) is 7.76. The van der Waals surface area contributed by atoms with Crippen LogP contribution in [0.5, 0.6) is 5.75 Å². The van der Waals surface area contributed by atoms with Crippen LogP contribution in [-0.4, -0.2) is 35.4 Å². The van der Waals surface area contributed by atoms with Gasteiger partial charge in [-0.25, -0.2) is 0 Å². The number of carbonyl (C=O) groups is 2. The highest BCUT2D eigenvalue weighted by molar-refractivity contribution is 9.10. The summed E-state index contributed by atoms with van der Waals surface area (Å²) in [6.45, 7) is 9.29. The number of hydrogen-bond acceptors (Lipinski definition) is 3. The molecule has 31 heavy (non-hydrogen) atoms. The molecule has 0 saturated heterocycles. The second kappa shape index (κ2) is 11.2. The fourth-order valence-electron chi connectivity index (χ4n) is 3.04. The van der Waals surface area contributed by atoms with Crippen molar-refractivity contribution in [3.05, 3.63) is 61.5 Å². The van der Waals surface area contributed by atoms with Crippen molar-refractivity contribution in [1.82, 2.24) is 10.2 Å². The van der Waals surface area contributed by atoms with E-state index in [0.717, 1.165) is 15.6 Å². The molecule has 5 nitrogen and oxygen atoms in total. The normalized spacial score (nSPS) is 11.9. The molecule has 2 amide bonds. The van der Waals surface area contributed by atoms with E-state index >= 15 is 0 Å². The average molecular weight is 530 g/mol. The summed E-state index contributed by atoms with van der Waals surface area (Å²) in [5, 5.41) is 3.78. The van der Waals surface area contributed by atoms with Crippen LogP contribution in [0, 0.1) is 13.8 Å². The first-order valence-corrected chi connectivity index (χ1v) is 11.5. The number of rotatable bonds is 8. The van der Waals surface area contributed by atoms with Gasteiger partial charge in [0.25, 0.3) is 5.91 Å². The van der Waals surface area contributed by atoms with Gasteiger partial charge in [-0.05, 0) is 75.6 Å². The summed E-state index contributed by atoms with van der Waals surface area (Å²) < 4.78 is 6.77. The van der Waals surface area contributed by atoms with Crippen LogP contribution in [0.15, 0.2) is 34.8 Å². The Morgan fingerprint density at radius 2 is 1.71 bits per heavy atom. The molecule has 2 rings (SSSR count). The Kier molecular flexibility index (Phi) is 9.22. The number of nitrogens with zero attached hydrogens (tertiary/aromatic N) is 1. The van der Waals surface area contributed by atoms with E-state index in [4.69, 9.17) is 27.9 Å². The molecule has 0 aliphatic carbocycles. The Hall–Kier alpha value is -1.76. The molecule has 1 N–H and O–H groups in total. The molecule has 0 heterocycles. The molecular formula is C23H27BrCl2N2O3. The number of halogens is 3. The van der Waals surface area contributed by atoms with Gasteiger partial charge in [0.15, 0.2) is 6.61 Å². The van der Waals surface area contributed by atoms with E-state index in [0.29, 0.717) is 21.4 Å². The van der Waals surface area contributed by atoms with Crippen LogP contribution in [0.3, 0.4) is 0 Å². The molecule has 0 aliphatic heterocycles. The lowest BCUT2D eigenvalue weighted by Gasteiger charge is -2.29. The number of nitrogens with one attached hydrogen (secondary N) is 1. The zero-order valence-electron chi connectivity index (χ0n) is 18.3. The fraction of sp³-hybridized carbons (Fsp3) is 0.391. The van der Waals surface area contributed by atoms with Crippen LogP contribution in [-0.2, 0) is 16.1 Å². The first-order valence-electron chi connectivity index (χ1n) is 9.93. The van der Waals surface area contributed by atoms with Crippen LogP contribution >= 0.6 is 39.1 Å². The first kappa shape index (κ1) is 25.5. The van der Waals surface area contributed by atoms with Gasteiger partial charge < -0.3 is 15.0 Å². The minimum absolute atomic E-state index is 0.0454. The van der Waals surface area contributed by atoms with E-state index in [2.05, 4.69) is 21.2 Å². The van der Waals surface area contributed by atoms with Crippen LogP contribution in [0.2, 0.25) is 10.0 Å². The summed E-state index contributed by atoms with van der Waals surface area (Å²) in [5.41, 5.74) is 2.72. The van der Waals surface area contributed by atoms with Crippen LogP contribution in [0.4, 0.5) is 0 Å². The largest absolute Gasteiger partial charge is 0.484 e. The highest BCUT2D eigenvalue weighted by Gasteiger charge is 2.27. The maximum absolute atomic E-state index is 13.1. The van der Waals surface area contributed by atoms with E-state index in [1.807, 2.05) is 39.8 Å². The highest BCUT2D eigenvalue weighted by Crippen LogP contribution is 2.27. The fourth-order valence-corrected chi connectivity index (χ4v) is 3.74. The number of amides is 2. The van der Waals surface area contributed by atoms with Gasteiger partial charge in [-0.15, -0.1) is 0 Å². The monoisotopic (exact) mass is 528 g/mol. The van der Waals surface area contributed by atoms with Gasteiger partial charge in [-0.2, -0.15) is 0 Å². The molecular weight excluding hydrogens is 503 g/mol. The Morgan fingerprint density at radius 3 is 2.26 bits per heavy atom. The molecule has 2 aromatic rings. The summed E-state index contributed by atoms with van der Waals surface area (Å²) in [6, 6.07) is 8.03. The molecule has 1 atom stereocenters. The van der Waals surface area contributed by atoms with Gasteiger partial charge in [-0.1, -0.05) is 45.2 Å². The van der Waals surface area contributed by atoms with Gasteiger partial charge in [0.05, 0.1) is 0 Å². The maximum Gasteiger partial charge on any atom is 0.261 e. The van der Waals surface area contributed by atoms with Gasteiger partial charge in [0.1, 0.15) is 11.8 Å². The van der Waals surface area contributed by atoms with Crippen molar-refractivity contribution < 1.29 is 14.3 Å². The Balaban J connectivity index is 2.23. The smallest absolute Gasteiger partial charge is 0.261 e. The van der Waals surface area contributed by atoms with E-state index in [1.165, 1.54) is 4.90 Å². The zero-order chi connectivity index (χ0) is 23.3. The summed E-state index contributed by atoms with van der Waals surface area (Å²) in [6.07, 6.45) is 0. The van der Waals surface area contributed by atoms with Crippen molar-refractivity contribution in [2.45, 2.75) is 53.2 Å². The molecule has 0 bridgehead atoms. The predicted molar refractivity (Wildman–Crippen MR) is 129 cm³/mol. The number of benzene rings is 2. The second-order valence-corrected chi connectivity index (χ2v) is 9.39. The van der Waals surface area contributed by atoms with E-state index in [9.17, 15) is 9.59 Å². The third-order valence-electron chi connectivity index (χ3n) is 4.73. The lowest BCUT2D eigenvalue weighted by atomic mass is 10.1. The van der Waals surface area contributed by atoms with Gasteiger partial charge in [0, 0.05) is 27.1 Å².